The van der Waals surface area contributed by atoms with E-state index in [1.54, 1.807) is 6.26 Å². The van der Waals surface area contributed by atoms with Gasteiger partial charge in [-0.3, -0.25) is 4.90 Å². The van der Waals surface area contributed by atoms with Crippen molar-refractivity contribution in [2.75, 3.05) is 26.7 Å². The Kier molecular flexibility index (Phi) is 2.42. The van der Waals surface area contributed by atoms with Crippen LogP contribution in [0.15, 0.2) is 34.9 Å². The van der Waals surface area contributed by atoms with Crippen LogP contribution >= 0.6 is 0 Å². The number of nitrogens with zero attached hydrogens (tertiary/aromatic N) is 1. The molecule has 1 aromatic carbocycles. The lowest BCUT2D eigenvalue weighted by Crippen LogP contribution is -2.43. The van der Waals surface area contributed by atoms with Crippen LogP contribution in [0.2, 0.25) is 0 Å². The number of nitrogens with one attached hydrogen (secondary N) is 1. The highest BCUT2D eigenvalue weighted by molar-refractivity contribution is 5.77. The van der Waals surface area contributed by atoms with E-state index in [1.165, 1.54) is 10.9 Å². The zero-order chi connectivity index (χ0) is 11.0. The van der Waals surface area contributed by atoms with Gasteiger partial charge in [-0.15, -0.1) is 0 Å². The lowest BCUT2D eigenvalue weighted by atomic mass is 10.0. The van der Waals surface area contributed by atoms with Gasteiger partial charge in [-0.25, -0.2) is 0 Å². The number of hydrogen-bond donors (Lipinski definition) is 1. The molecule has 3 rings (SSSR count). The van der Waals surface area contributed by atoms with E-state index in [4.69, 9.17) is 4.42 Å². The van der Waals surface area contributed by atoms with Gasteiger partial charge in [0.1, 0.15) is 5.58 Å². The molecule has 0 aliphatic carbocycles. The summed E-state index contributed by atoms with van der Waals surface area (Å²) in [4.78, 5) is 2.40. The molecule has 0 bridgehead atoms. The minimum atomic E-state index is 0.480. The second-order valence-corrected chi connectivity index (χ2v) is 4.42. The average molecular weight is 216 g/mol. The molecule has 3 heteroatoms. The molecule has 1 aliphatic rings. The molecule has 0 saturated carbocycles. The molecule has 2 heterocycles. The van der Waals surface area contributed by atoms with Crippen LogP contribution in [-0.4, -0.2) is 31.6 Å². The van der Waals surface area contributed by atoms with Crippen LogP contribution in [0, 0.1) is 0 Å². The highest BCUT2D eigenvalue weighted by Crippen LogP contribution is 2.25. The average Bonchev–Trinajstić information content (AvgIpc) is 2.76. The predicted octanol–water partition coefficient (Wildman–Crippen LogP) is 2.01. The molecule has 16 heavy (non-hydrogen) atoms. The molecule has 3 nitrogen and oxygen atoms in total. The van der Waals surface area contributed by atoms with Gasteiger partial charge >= 0.3 is 0 Å². The summed E-state index contributed by atoms with van der Waals surface area (Å²) in [5, 5.41) is 4.63. The molecule has 1 aliphatic heterocycles. The fourth-order valence-electron chi connectivity index (χ4n) is 2.37. The van der Waals surface area contributed by atoms with Gasteiger partial charge in [0.05, 0.1) is 6.26 Å². The Morgan fingerprint density at radius 1 is 1.38 bits per heavy atom. The maximum absolute atomic E-state index is 5.36. The van der Waals surface area contributed by atoms with E-state index in [0.717, 1.165) is 25.2 Å². The largest absolute Gasteiger partial charge is 0.464 e. The smallest absolute Gasteiger partial charge is 0.133 e. The third kappa shape index (κ3) is 1.62. The number of hydrogen-bond acceptors (Lipinski definition) is 3. The van der Waals surface area contributed by atoms with Gasteiger partial charge in [-0.05, 0) is 30.8 Å². The third-order valence-electron chi connectivity index (χ3n) is 3.37. The molecule has 1 N–H and O–H groups in total. The van der Waals surface area contributed by atoms with Crippen molar-refractivity contribution < 1.29 is 4.42 Å². The van der Waals surface area contributed by atoms with Crippen molar-refractivity contribution in [2.24, 2.45) is 0 Å². The number of likely N-dealkylation sites (N-methyl/N-ethyl adjacent to an activating group) is 1. The predicted molar refractivity (Wildman–Crippen MR) is 64.5 cm³/mol. The monoisotopic (exact) mass is 216 g/mol. The summed E-state index contributed by atoms with van der Waals surface area (Å²) < 4.78 is 5.36. The summed E-state index contributed by atoms with van der Waals surface area (Å²) in [7, 11) is 2.19. The van der Waals surface area contributed by atoms with Crippen molar-refractivity contribution in [3.8, 4) is 0 Å². The fraction of sp³-hybridized carbons (Fsp3) is 0.385. The van der Waals surface area contributed by atoms with Crippen LogP contribution in [-0.2, 0) is 0 Å². The summed E-state index contributed by atoms with van der Waals surface area (Å²) in [6, 6.07) is 8.96. The molecule has 1 saturated heterocycles. The van der Waals surface area contributed by atoms with Crippen molar-refractivity contribution in [1.82, 2.24) is 10.2 Å². The molecular weight excluding hydrogens is 200 g/mol. The minimum absolute atomic E-state index is 0.480. The van der Waals surface area contributed by atoms with E-state index in [-0.39, 0.29) is 0 Å². The van der Waals surface area contributed by atoms with Gasteiger partial charge in [-0.1, -0.05) is 6.07 Å². The molecule has 84 valence electrons. The Balaban J connectivity index is 1.97. The zero-order valence-electron chi connectivity index (χ0n) is 9.44. The second-order valence-electron chi connectivity index (χ2n) is 4.42. The van der Waals surface area contributed by atoms with E-state index >= 15 is 0 Å². The second kappa shape index (κ2) is 3.92. The molecule has 2 aromatic rings. The lowest BCUT2D eigenvalue weighted by Gasteiger charge is -2.33. The molecule has 1 fully saturated rings. The van der Waals surface area contributed by atoms with Crippen LogP contribution in [0.25, 0.3) is 11.0 Å². The summed E-state index contributed by atoms with van der Waals surface area (Å²) in [5.74, 6) is 0. The highest BCUT2D eigenvalue weighted by atomic mass is 16.3. The Bertz CT molecular complexity index is 491. The van der Waals surface area contributed by atoms with Crippen molar-refractivity contribution >= 4 is 11.0 Å². The third-order valence-corrected chi connectivity index (χ3v) is 3.37. The van der Waals surface area contributed by atoms with Gasteiger partial charge in [0.2, 0.25) is 0 Å². The molecule has 0 spiro atoms. The van der Waals surface area contributed by atoms with Crippen LogP contribution in [0.3, 0.4) is 0 Å². The lowest BCUT2D eigenvalue weighted by molar-refractivity contribution is 0.202. The number of piperazine rings is 1. The topological polar surface area (TPSA) is 28.4 Å². The first-order valence-electron chi connectivity index (χ1n) is 5.73. The summed E-state index contributed by atoms with van der Waals surface area (Å²) in [6.45, 7) is 3.22. The van der Waals surface area contributed by atoms with Crippen LogP contribution in [0.4, 0.5) is 0 Å². The Hall–Kier alpha value is -1.32. The molecular formula is C13H16N2O. The summed E-state index contributed by atoms with van der Waals surface area (Å²) in [6.07, 6.45) is 1.75. The van der Waals surface area contributed by atoms with E-state index in [0.29, 0.717) is 6.04 Å². The first-order valence-corrected chi connectivity index (χ1v) is 5.73. The van der Waals surface area contributed by atoms with Crippen LogP contribution < -0.4 is 5.32 Å². The molecule has 1 atom stereocenters. The van der Waals surface area contributed by atoms with Crippen molar-refractivity contribution in [3.63, 3.8) is 0 Å². The van der Waals surface area contributed by atoms with Crippen molar-refractivity contribution in [2.45, 2.75) is 6.04 Å². The standard InChI is InChI=1S/C13H16N2O/c1-15-6-5-14-9-12(15)10-2-3-13-11(8-10)4-7-16-13/h2-4,7-8,12,14H,5-6,9H2,1H3. The minimum Gasteiger partial charge on any atom is -0.464 e. The quantitative estimate of drug-likeness (QED) is 0.790. The van der Waals surface area contributed by atoms with Crippen molar-refractivity contribution in [1.29, 1.82) is 0 Å². The summed E-state index contributed by atoms with van der Waals surface area (Å²) >= 11 is 0. The van der Waals surface area contributed by atoms with Gasteiger partial charge < -0.3 is 9.73 Å². The number of benzene rings is 1. The normalized spacial score (nSPS) is 22.7. The Labute approximate surface area is 95.0 Å². The molecule has 0 amide bonds. The van der Waals surface area contributed by atoms with E-state index in [1.807, 2.05) is 6.07 Å². The van der Waals surface area contributed by atoms with E-state index in [2.05, 4.69) is 35.5 Å². The SMILES string of the molecule is CN1CCNCC1c1ccc2occc2c1. The first-order chi connectivity index (χ1) is 7.84. The molecule has 1 unspecified atom stereocenters. The first kappa shape index (κ1) is 9.87. The van der Waals surface area contributed by atoms with Gasteiger partial charge in [0.25, 0.3) is 0 Å². The highest BCUT2D eigenvalue weighted by Gasteiger charge is 2.20. The number of furan rings is 1. The van der Waals surface area contributed by atoms with Gasteiger partial charge in [0.15, 0.2) is 0 Å². The van der Waals surface area contributed by atoms with Gasteiger partial charge in [-0.2, -0.15) is 0 Å². The number of rotatable bonds is 1. The van der Waals surface area contributed by atoms with E-state index in [9.17, 15) is 0 Å². The Morgan fingerprint density at radius 3 is 3.19 bits per heavy atom. The number of fused-ring (bicyclic) bond motifs is 1. The van der Waals surface area contributed by atoms with Crippen LogP contribution in [0.1, 0.15) is 11.6 Å². The maximum Gasteiger partial charge on any atom is 0.133 e. The van der Waals surface area contributed by atoms with Crippen molar-refractivity contribution in [3.05, 3.63) is 36.1 Å². The molecule has 0 radical (unpaired) electrons. The Morgan fingerprint density at radius 2 is 2.31 bits per heavy atom. The zero-order valence-corrected chi connectivity index (χ0v) is 9.44. The fourth-order valence-corrected chi connectivity index (χ4v) is 2.37. The summed E-state index contributed by atoms with van der Waals surface area (Å²) in [5.41, 5.74) is 2.33. The van der Waals surface area contributed by atoms with Gasteiger partial charge in [0, 0.05) is 31.1 Å². The maximum atomic E-state index is 5.36. The van der Waals surface area contributed by atoms with Crippen LogP contribution in [0.5, 0.6) is 0 Å². The van der Waals surface area contributed by atoms with E-state index < -0.39 is 0 Å². The molecule has 1 aromatic heterocycles.